The summed E-state index contributed by atoms with van der Waals surface area (Å²) in [6.07, 6.45) is 0. The number of benzene rings is 4. The maximum absolute atomic E-state index is 13.1. The zero-order valence-corrected chi connectivity index (χ0v) is 22.4. The molecule has 1 atom stereocenters. The molecule has 186 valence electrons. The van der Waals surface area contributed by atoms with Crippen LogP contribution in [-0.4, -0.2) is 10.5 Å². The first-order chi connectivity index (χ1) is 17.8. The van der Waals surface area contributed by atoms with E-state index in [0.29, 0.717) is 10.6 Å². The molecule has 0 saturated carbocycles. The standard InChI is InChI=1S/C33H31ClN2O/c1-21-8-5-6-11-30(21)26-14-12-25(13-15-26)20-36-24(4)22(2)31-19-28(16-17-32(31)36)33(37)35-23(3)27-9-7-10-29(34)18-27/h5-19,23H,20H2,1-4H3,(H,35,37). The highest BCUT2D eigenvalue weighted by atomic mass is 35.5. The zero-order valence-electron chi connectivity index (χ0n) is 21.7. The minimum Gasteiger partial charge on any atom is -0.346 e. The minimum absolute atomic E-state index is 0.0917. The predicted molar refractivity (Wildman–Crippen MR) is 154 cm³/mol. The second-order valence-electron chi connectivity index (χ2n) is 9.79. The summed E-state index contributed by atoms with van der Waals surface area (Å²) in [6, 6.07) is 30.7. The molecule has 1 unspecified atom stereocenters. The normalized spacial score (nSPS) is 12.0. The lowest BCUT2D eigenvalue weighted by Gasteiger charge is -2.15. The number of halogens is 1. The molecule has 0 bridgehead atoms. The van der Waals surface area contributed by atoms with Gasteiger partial charge in [0, 0.05) is 33.7 Å². The van der Waals surface area contributed by atoms with E-state index in [-0.39, 0.29) is 11.9 Å². The average Bonchev–Trinajstić information content (AvgIpc) is 3.13. The van der Waals surface area contributed by atoms with Crippen molar-refractivity contribution in [3.8, 4) is 11.1 Å². The second kappa shape index (κ2) is 10.3. The van der Waals surface area contributed by atoms with Gasteiger partial charge in [0.2, 0.25) is 0 Å². The van der Waals surface area contributed by atoms with Gasteiger partial charge in [-0.15, -0.1) is 0 Å². The molecule has 0 saturated heterocycles. The highest BCUT2D eigenvalue weighted by Gasteiger charge is 2.16. The Balaban J connectivity index is 1.38. The Hall–Kier alpha value is -3.82. The van der Waals surface area contributed by atoms with Crippen LogP contribution in [0.3, 0.4) is 0 Å². The minimum atomic E-state index is -0.142. The van der Waals surface area contributed by atoms with Gasteiger partial charge in [0.15, 0.2) is 0 Å². The van der Waals surface area contributed by atoms with Crippen LogP contribution in [0.25, 0.3) is 22.0 Å². The smallest absolute Gasteiger partial charge is 0.251 e. The summed E-state index contributed by atoms with van der Waals surface area (Å²) in [4.78, 5) is 13.1. The van der Waals surface area contributed by atoms with Crippen molar-refractivity contribution in [3.05, 3.63) is 130 Å². The van der Waals surface area contributed by atoms with Gasteiger partial charge in [-0.1, -0.05) is 72.3 Å². The highest BCUT2D eigenvalue weighted by Crippen LogP contribution is 2.29. The van der Waals surface area contributed by atoms with Crippen LogP contribution in [-0.2, 0) is 6.54 Å². The van der Waals surface area contributed by atoms with Gasteiger partial charge >= 0.3 is 0 Å². The molecule has 37 heavy (non-hydrogen) atoms. The van der Waals surface area contributed by atoms with Crippen molar-refractivity contribution in [1.82, 2.24) is 9.88 Å². The molecule has 3 nitrogen and oxygen atoms in total. The van der Waals surface area contributed by atoms with E-state index >= 15 is 0 Å². The van der Waals surface area contributed by atoms with Crippen LogP contribution in [0.4, 0.5) is 0 Å². The summed E-state index contributed by atoms with van der Waals surface area (Å²) < 4.78 is 2.34. The van der Waals surface area contributed by atoms with Crippen LogP contribution in [0.1, 0.15) is 51.3 Å². The topological polar surface area (TPSA) is 34.0 Å². The van der Waals surface area contributed by atoms with Crippen LogP contribution < -0.4 is 5.32 Å². The molecule has 4 heteroatoms. The number of carbonyl (C=O) groups is 1. The summed E-state index contributed by atoms with van der Waals surface area (Å²) in [6.45, 7) is 9.18. The van der Waals surface area contributed by atoms with Crippen molar-refractivity contribution in [2.24, 2.45) is 0 Å². The van der Waals surface area contributed by atoms with Crippen LogP contribution in [0.5, 0.6) is 0 Å². The quantitative estimate of drug-likeness (QED) is 0.246. The first-order valence-electron chi connectivity index (χ1n) is 12.6. The number of amides is 1. The number of nitrogens with one attached hydrogen (secondary N) is 1. The third-order valence-corrected chi connectivity index (χ3v) is 7.58. The molecule has 0 aliphatic carbocycles. The number of hydrogen-bond acceptors (Lipinski definition) is 1. The zero-order chi connectivity index (χ0) is 26.1. The Bertz CT molecular complexity index is 1600. The number of carbonyl (C=O) groups excluding carboxylic acids is 1. The number of nitrogens with zero attached hydrogens (tertiary/aromatic N) is 1. The molecule has 0 radical (unpaired) electrons. The van der Waals surface area contributed by atoms with Gasteiger partial charge in [-0.05, 0) is 91.4 Å². The fourth-order valence-electron chi connectivity index (χ4n) is 5.00. The van der Waals surface area contributed by atoms with E-state index in [9.17, 15) is 4.79 Å². The highest BCUT2D eigenvalue weighted by molar-refractivity contribution is 6.30. The molecular formula is C33H31ClN2O. The monoisotopic (exact) mass is 506 g/mol. The van der Waals surface area contributed by atoms with E-state index in [1.54, 1.807) is 0 Å². The molecule has 0 aliphatic heterocycles. The van der Waals surface area contributed by atoms with Crippen molar-refractivity contribution in [1.29, 1.82) is 0 Å². The molecule has 0 spiro atoms. The predicted octanol–water partition coefficient (Wildman–Crippen LogP) is 8.43. The van der Waals surface area contributed by atoms with E-state index in [4.69, 9.17) is 11.6 Å². The van der Waals surface area contributed by atoms with Crippen molar-refractivity contribution in [2.75, 3.05) is 0 Å². The van der Waals surface area contributed by atoms with Gasteiger partial charge < -0.3 is 9.88 Å². The van der Waals surface area contributed by atoms with Crippen LogP contribution in [0.2, 0.25) is 5.02 Å². The number of aromatic nitrogens is 1. The molecule has 5 aromatic rings. The number of hydrogen-bond donors (Lipinski definition) is 1. The molecule has 1 N–H and O–H groups in total. The Morgan fingerprint density at radius 3 is 2.38 bits per heavy atom. The van der Waals surface area contributed by atoms with Crippen molar-refractivity contribution < 1.29 is 4.79 Å². The van der Waals surface area contributed by atoms with Gasteiger partial charge in [0.25, 0.3) is 5.91 Å². The van der Waals surface area contributed by atoms with Gasteiger partial charge in [0.1, 0.15) is 0 Å². The molecule has 4 aromatic carbocycles. The molecule has 1 amide bonds. The van der Waals surface area contributed by atoms with Crippen molar-refractivity contribution >= 4 is 28.4 Å². The Labute approximate surface area is 223 Å². The van der Waals surface area contributed by atoms with Gasteiger partial charge in [-0.3, -0.25) is 4.79 Å². The van der Waals surface area contributed by atoms with E-state index in [1.165, 1.54) is 33.5 Å². The van der Waals surface area contributed by atoms with Gasteiger partial charge in [0.05, 0.1) is 6.04 Å². The van der Waals surface area contributed by atoms with E-state index in [0.717, 1.165) is 23.0 Å². The Kier molecular flexibility index (Phi) is 6.90. The number of rotatable bonds is 6. The van der Waals surface area contributed by atoms with E-state index in [2.05, 4.69) is 85.3 Å². The largest absolute Gasteiger partial charge is 0.346 e. The molecule has 5 rings (SSSR count). The first-order valence-corrected chi connectivity index (χ1v) is 13.0. The van der Waals surface area contributed by atoms with Crippen molar-refractivity contribution in [2.45, 2.75) is 40.3 Å². The third kappa shape index (κ3) is 5.05. The molecule has 0 aliphatic rings. The summed E-state index contributed by atoms with van der Waals surface area (Å²) >= 11 is 6.13. The fraction of sp³-hybridized carbons (Fsp3) is 0.182. The number of fused-ring (bicyclic) bond motifs is 1. The van der Waals surface area contributed by atoms with E-state index in [1.807, 2.05) is 43.3 Å². The van der Waals surface area contributed by atoms with Gasteiger partial charge in [-0.2, -0.15) is 0 Å². The maximum atomic E-state index is 13.1. The van der Waals surface area contributed by atoms with Crippen LogP contribution in [0, 0.1) is 20.8 Å². The summed E-state index contributed by atoms with van der Waals surface area (Å²) in [7, 11) is 0. The summed E-state index contributed by atoms with van der Waals surface area (Å²) in [5.74, 6) is -0.0917. The lowest BCUT2D eigenvalue weighted by molar-refractivity contribution is 0.0940. The lowest BCUT2D eigenvalue weighted by atomic mass is 9.99. The van der Waals surface area contributed by atoms with Crippen molar-refractivity contribution in [3.63, 3.8) is 0 Å². The van der Waals surface area contributed by atoms with Gasteiger partial charge in [-0.25, -0.2) is 0 Å². The first kappa shape index (κ1) is 24.9. The molecular weight excluding hydrogens is 476 g/mol. The van der Waals surface area contributed by atoms with Crippen LogP contribution in [0.15, 0.2) is 91.0 Å². The lowest BCUT2D eigenvalue weighted by Crippen LogP contribution is -2.26. The summed E-state index contributed by atoms with van der Waals surface area (Å²) in [5, 5.41) is 4.88. The SMILES string of the molecule is Cc1ccccc1-c1ccc(Cn2c(C)c(C)c3cc(C(=O)NC(C)c4cccc(Cl)c4)ccc32)cc1. The average molecular weight is 507 g/mol. The Morgan fingerprint density at radius 2 is 1.65 bits per heavy atom. The number of aryl methyl sites for hydroxylation is 2. The second-order valence-corrected chi connectivity index (χ2v) is 10.2. The summed E-state index contributed by atoms with van der Waals surface area (Å²) in [5.41, 5.74) is 10.2. The fourth-order valence-corrected chi connectivity index (χ4v) is 5.20. The molecule has 1 heterocycles. The van der Waals surface area contributed by atoms with E-state index < -0.39 is 0 Å². The Morgan fingerprint density at radius 1 is 0.892 bits per heavy atom. The van der Waals surface area contributed by atoms with Crippen LogP contribution >= 0.6 is 11.6 Å². The molecule has 0 fully saturated rings. The third-order valence-electron chi connectivity index (χ3n) is 7.35. The maximum Gasteiger partial charge on any atom is 0.251 e. The molecule has 1 aromatic heterocycles.